The maximum atomic E-state index is 11.6. The molecule has 0 unspecified atom stereocenters. The number of carbonyl (C=O) groups is 1. The molecule has 0 atom stereocenters. The molecule has 2 heterocycles. The van der Waals surface area contributed by atoms with Gasteiger partial charge < -0.3 is 14.6 Å². The predicted molar refractivity (Wildman–Crippen MR) is 87.0 cm³/mol. The summed E-state index contributed by atoms with van der Waals surface area (Å²) in [6.45, 7) is 5.30. The molecule has 6 nitrogen and oxygen atoms in total. The molecule has 3 rings (SSSR count). The molecule has 1 aromatic carbocycles. The molecule has 0 aliphatic carbocycles. The third-order valence-electron chi connectivity index (χ3n) is 3.83. The van der Waals surface area contributed by atoms with Crippen molar-refractivity contribution in [2.45, 2.75) is 20.8 Å². The van der Waals surface area contributed by atoms with Crippen molar-refractivity contribution in [2.24, 2.45) is 0 Å². The van der Waals surface area contributed by atoms with Crippen LogP contribution in [0.1, 0.15) is 34.0 Å². The number of carbonyl (C=O) groups excluding carboxylic acids is 2. The summed E-state index contributed by atoms with van der Waals surface area (Å²) in [4.78, 5) is 26.8. The van der Waals surface area contributed by atoms with Crippen LogP contribution >= 0.6 is 0 Å². The minimum Gasteiger partial charge on any atom is -0.376 e. The number of hydrogen-bond donors (Lipinski definition) is 1. The number of nitrogens with zero attached hydrogens (tertiary/aromatic N) is 3. The molecule has 0 aliphatic rings. The second kappa shape index (κ2) is 7.05. The molecule has 0 saturated carbocycles. The average Bonchev–Trinajstić information content (AvgIpc) is 2.86. The average molecular weight is 491 g/mol. The molecule has 0 fully saturated rings. The van der Waals surface area contributed by atoms with E-state index in [2.05, 4.69) is 15.4 Å². The second-order valence-electron chi connectivity index (χ2n) is 5.38. The van der Waals surface area contributed by atoms with Crippen LogP contribution in [0.5, 0.6) is 0 Å². The molecule has 2 aromatic heterocycles. The number of aromatic nitrogens is 3. The van der Waals surface area contributed by atoms with Crippen molar-refractivity contribution < 1.29 is 30.7 Å². The summed E-state index contributed by atoms with van der Waals surface area (Å²) < 4.78 is 1.59. The van der Waals surface area contributed by atoms with Crippen LogP contribution in [-0.2, 0) is 25.9 Å². The monoisotopic (exact) mass is 491 g/mol. The van der Waals surface area contributed by atoms with Crippen LogP contribution in [0.4, 0.5) is 11.5 Å². The molecule has 3 aromatic rings. The van der Waals surface area contributed by atoms with Crippen LogP contribution < -0.4 is 5.32 Å². The SMILES string of the molecule is CC(=O)c1ccc(C)c(Nc2ncnn3cc([C-]=O)c(C)c23)c1.[W]. The van der Waals surface area contributed by atoms with Crippen molar-refractivity contribution in [3.8, 4) is 0 Å². The third kappa shape index (κ3) is 3.15. The summed E-state index contributed by atoms with van der Waals surface area (Å²) in [6.07, 6.45) is 4.92. The van der Waals surface area contributed by atoms with Gasteiger partial charge in [-0.2, -0.15) is 5.10 Å². The van der Waals surface area contributed by atoms with Gasteiger partial charge in [0.1, 0.15) is 12.1 Å². The number of Topliss-reactive ketones (excluding diaryl/α,β-unsaturated/α-hetero) is 1. The first kappa shape index (κ1) is 18.0. The van der Waals surface area contributed by atoms with E-state index in [9.17, 15) is 9.59 Å². The molecule has 7 heteroatoms. The Kier molecular flexibility index (Phi) is 5.29. The van der Waals surface area contributed by atoms with Crippen LogP contribution in [0, 0.1) is 13.8 Å². The molecule has 0 aliphatic heterocycles. The van der Waals surface area contributed by atoms with Gasteiger partial charge in [0.15, 0.2) is 5.78 Å². The van der Waals surface area contributed by atoms with Crippen LogP contribution in [0.25, 0.3) is 5.52 Å². The molecule has 0 bridgehead atoms. The van der Waals surface area contributed by atoms with Gasteiger partial charge in [0.25, 0.3) is 0 Å². The van der Waals surface area contributed by atoms with E-state index in [0.717, 1.165) is 16.8 Å². The van der Waals surface area contributed by atoms with Gasteiger partial charge in [-0.1, -0.05) is 25.3 Å². The largest absolute Gasteiger partial charge is 0.376 e. The van der Waals surface area contributed by atoms with Gasteiger partial charge in [0, 0.05) is 37.8 Å². The van der Waals surface area contributed by atoms with Gasteiger partial charge in [0.05, 0.1) is 6.29 Å². The van der Waals surface area contributed by atoms with Crippen molar-refractivity contribution in [1.29, 1.82) is 0 Å². The predicted octanol–water partition coefficient (Wildman–Crippen LogP) is 2.75. The number of anilines is 2. The van der Waals surface area contributed by atoms with Gasteiger partial charge >= 0.3 is 0 Å². The maximum absolute atomic E-state index is 11.6. The fourth-order valence-electron chi connectivity index (χ4n) is 2.46. The molecule has 24 heavy (non-hydrogen) atoms. The molecule has 0 saturated heterocycles. The second-order valence-corrected chi connectivity index (χ2v) is 5.38. The fraction of sp³-hybridized carbons (Fsp3) is 0.176. The third-order valence-corrected chi connectivity index (χ3v) is 3.83. The van der Waals surface area contributed by atoms with Crippen molar-refractivity contribution in [3.63, 3.8) is 0 Å². The van der Waals surface area contributed by atoms with E-state index in [0.29, 0.717) is 22.5 Å². The summed E-state index contributed by atoms with van der Waals surface area (Å²) in [7, 11) is 0. The number of fused-ring (bicyclic) bond motifs is 1. The van der Waals surface area contributed by atoms with E-state index in [1.807, 2.05) is 26.2 Å². The van der Waals surface area contributed by atoms with Gasteiger partial charge in [0.2, 0.25) is 0 Å². The molecular weight excluding hydrogens is 476 g/mol. The van der Waals surface area contributed by atoms with Crippen molar-refractivity contribution in [2.75, 3.05) is 5.32 Å². The van der Waals surface area contributed by atoms with Crippen LogP contribution in [0.15, 0.2) is 30.7 Å². The standard InChI is InChI=1S/C17H15N4O2.W/c1-10-4-5-13(12(3)23)6-15(10)20-17-16-11(2)14(8-22)7-21(16)19-9-18-17;/h4-7,9H,1-3H3,(H,18,19,20);/q-1;. The zero-order valence-electron chi connectivity index (χ0n) is 13.5. The number of rotatable bonds is 4. The van der Waals surface area contributed by atoms with Gasteiger partial charge in [-0.15, -0.1) is 11.1 Å². The van der Waals surface area contributed by atoms with E-state index in [1.54, 1.807) is 22.8 Å². The summed E-state index contributed by atoms with van der Waals surface area (Å²) >= 11 is 0. The molecule has 0 radical (unpaired) electrons. The zero-order chi connectivity index (χ0) is 16.6. The minimum atomic E-state index is -0.00223. The summed E-state index contributed by atoms with van der Waals surface area (Å²) in [5.41, 5.74) is 4.30. The van der Waals surface area contributed by atoms with Crippen LogP contribution in [0.3, 0.4) is 0 Å². The normalized spacial score (nSPS) is 10.3. The molecule has 0 spiro atoms. The molecule has 122 valence electrons. The first-order valence-electron chi connectivity index (χ1n) is 7.11. The maximum Gasteiger partial charge on any atom is 0.159 e. The van der Waals surface area contributed by atoms with Crippen molar-refractivity contribution in [3.05, 3.63) is 53.0 Å². The van der Waals surface area contributed by atoms with E-state index in [-0.39, 0.29) is 26.8 Å². The smallest absolute Gasteiger partial charge is 0.159 e. The number of ketones is 1. The Morgan fingerprint density at radius 3 is 2.71 bits per heavy atom. The quantitative estimate of drug-likeness (QED) is 0.449. The van der Waals surface area contributed by atoms with Crippen LogP contribution in [-0.4, -0.2) is 26.7 Å². The fourth-order valence-corrected chi connectivity index (χ4v) is 2.46. The Morgan fingerprint density at radius 1 is 1.29 bits per heavy atom. The van der Waals surface area contributed by atoms with Gasteiger partial charge in [-0.05, 0) is 25.5 Å². The Morgan fingerprint density at radius 2 is 2.04 bits per heavy atom. The van der Waals surface area contributed by atoms with Gasteiger partial charge in [-0.25, -0.2) is 4.98 Å². The topological polar surface area (TPSA) is 76.4 Å². The number of nitrogens with one attached hydrogen (secondary N) is 1. The zero-order valence-corrected chi connectivity index (χ0v) is 16.4. The van der Waals surface area contributed by atoms with Crippen LogP contribution in [0.2, 0.25) is 0 Å². The van der Waals surface area contributed by atoms with Crippen molar-refractivity contribution in [1.82, 2.24) is 14.6 Å². The molecule has 1 N–H and O–H groups in total. The number of aryl methyl sites for hydroxylation is 2. The molecular formula is C17H15N4O2W-. The van der Waals surface area contributed by atoms with E-state index in [1.165, 1.54) is 13.3 Å². The summed E-state index contributed by atoms with van der Waals surface area (Å²) in [5.74, 6) is 0.570. The first-order chi connectivity index (χ1) is 11.0. The first-order valence-corrected chi connectivity index (χ1v) is 7.11. The number of benzene rings is 1. The Labute approximate surface area is 153 Å². The van der Waals surface area contributed by atoms with E-state index < -0.39 is 0 Å². The summed E-state index contributed by atoms with van der Waals surface area (Å²) in [5, 5.41) is 7.35. The van der Waals surface area contributed by atoms with Crippen molar-refractivity contribution >= 4 is 29.1 Å². The van der Waals surface area contributed by atoms with Gasteiger partial charge in [-0.3, -0.25) is 4.79 Å². The minimum absolute atomic E-state index is 0. The van der Waals surface area contributed by atoms with E-state index in [4.69, 9.17) is 0 Å². The number of hydrogen-bond acceptors (Lipinski definition) is 5. The Balaban J connectivity index is 0.00000208. The summed E-state index contributed by atoms with van der Waals surface area (Å²) in [6, 6.07) is 5.47. The Bertz CT molecular complexity index is 934. The molecule has 0 amide bonds. The van der Waals surface area contributed by atoms with E-state index >= 15 is 0 Å². The Hall–Kier alpha value is -2.33.